The van der Waals surface area contributed by atoms with Crippen molar-refractivity contribution >= 4 is 33.5 Å². The normalized spacial score (nSPS) is 11.6. The Balaban J connectivity index is 1.42. The lowest BCUT2D eigenvalue weighted by molar-refractivity contribution is 0.587. The summed E-state index contributed by atoms with van der Waals surface area (Å²) in [4.78, 5) is 0. The molecule has 0 aliphatic carbocycles. The molecule has 0 bridgehead atoms. The number of halogens is 2. The second-order valence-electron chi connectivity index (χ2n) is 7.46. The van der Waals surface area contributed by atoms with Crippen molar-refractivity contribution in [3.05, 3.63) is 89.5 Å². The van der Waals surface area contributed by atoms with Crippen LogP contribution in [0.3, 0.4) is 0 Å². The zero-order valence-electron chi connectivity index (χ0n) is 16.6. The van der Waals surface area contributed by atoms with Crippen LogP contribution in [0.4, 0.5) is 4.39 Å². The Hall–Kier alpha value is -4.04. The average Bonchev–Trinajstić information content (AvgIpc) is 3.54. The lowest BCUT2D eigenvalue weighted by atomic mass is 10.1. The van der Waals surface area contributed by atoms with Crippen molar-refractivity contribution in [3.8, 4) is 16.9 Å². The number of nitrogens with one attached hydrogen (secondary N) is 1. The second kappa shape index (κ2) is 7.28. The molecule has 0 radical (unpaired) electrons. The molecule has 3 aromatic heterocycles. The smallest absolute Gasteiger partial charge is 0.129 e. The molecule has 0 fully saturated rings. The van der Waals surface area contributed by atoms with Gasteiger partial charge in [0.25, 0.3) is 0 Å². The third-order valence-corrected chi connectivity index (χ3v) is 5.70. The summed E-state index contributed by atoms with van der Waals surface area (Å²) >= 11 is 5.88. The van der Waals surface area contributed by atoms with E-state index in [9.17, 15) is 4.39 Å². The molecule has 9 heteroatoms. The van der Waals surface area contributed by atoms with Gasteiger partial charge in [0.2, 0.25) is 0 Å². The maximum Gasteiger partial charge on any atom is 0.129 e. The monoisotopic (exact) mass is 443 g/mol. The van der Waals surface area contributed by atoms with Gasteiger partial charge in [-0.2, -0.15) is 10.2 Å². The Bertz CT molecular complexity index is 1600. The summed E-state index contributed by atoms with van der Waals surface area (Å²) in [5.41, 5.74) is 5.72. The van der Waals surface area contributed by atoms with Gasteiger partial charge in [0.05, 0.1) is 35.2 Å². The van der Waals surface area contributed by atoms with Gasteiger partial charge in [-0.1, -0.05) is 28.9 Å². The van der Waals surface area contributed by atoms with Crippen LogP contribution in [0.2, 0.25) is 5.02 Å². The molecule has 0 unspecified atom stereocenters. The van der Waals surface area contributed by atoms with Gasteiger partial charge in [-0.05, 0) is 48.5 Å². The second-order valence-corrected chi connectivity index (χ2v) is 7.89. The Morgan fingerprint density at radius 1 is 1.00 bits per heavy atom. The molecule has 1 N–H and O–H groups in total. The summed E-state index contributed by atoms with van der Waals surface area (Å²) < 4.78 is 17.9. The third kappa shape index (κ3) is 3.12. The van der Waals surface area contributed by atoms with Crippen molar-refractivity contribution in [1.29, 1.82) is 0 Å². The highest BCUT2D eigenvalue weighted by molar-refractivity contribution is 6.30. The molecule has 0 saturated carbocycles. The predicted molar refractivity (Wildman–Crippen MR) is 120 cm³/mol. The fraction of sp³-hybridized carbons (Fsp3) is 0.0435. The van der Waals surface area contributed by atoms with Gasteiger partial charge in [-0.3, -0.25) is 9.78 Å². The summed E-state index contributed by atoms with van der Waals surface area (Å²) in [7, 11) is 0. The Labute approximate surface area is 186 Å². The molecular weight excluding hydrogens is 429 g/mol. The largest absolute Gasteiger partial charge is 0.278 e. The van der Waals surface area contributed by atoms with Crippen molar-refractivity contribution < 1.29 is 4.39 Å². The highest BCUT2D eigenvalue weighted by atomic mass is 35.5. The van der Waals surface area contributed by atoms with E-state index in [0.29, 0.717) is 10.6 Å². The summed E-state index contributed by atoms with van der Waals surface area (Å²) in [6.45, 7) is 0.289. The van der Waals surface area contributed by atoms with Crippen LogP contribution in [-0.4, -0.2) is 35.0 Å². The number of hydrogen-bond acceptors (Lipinski definition) is 4. The minimum atomic E-state index is -0.356. The summed E-state index contributed by atoms with van der Waals surface area (Å²) in [6.07, 6.45) is 3.48. The number of rotatable bonds is 4. The predicted octanol–water partition coefficient (Wildman–Crippen LogP) is 5.00. The van der Waals surface area contributed by atoms with Crippen LogP contribution in [0, 0.1) is 5.82 Å². The van der Waals surface area contributed by atoms with Gasteiger partial charge in [0.15, 0.2) is 0 Å². The van der Waals surface area contributed by atoms with Crippen molar-refractivity contribution in [2.75, 3.05) is 0 Å². The van der Waals surface area contributed by atoms with Crippen molar-refractivity contribution in [2.45, 2.75) is 6.54 Å². The number of aromatic amines is 1. The summed E-state index contributed by atoms with van der Waals surface area (Å²) in [5.74, 6) is -0.356. The quantitative estimate of drug-likeness (QED) is 0.416. The highest BCUT2D eigenvalue weighted by Crippen LogP contribution is 2.27. The van der Waals surface area contributed by atoms with Gasteiger partial charge in [-0.15, -0.1) is 5.10 Å². The molecule has 0 aliphatic heterocycles. The van der Waals surface area contributed by atoms with E-state index in [-0.39, 0.29) is 12.4 Å². The zero-order valence-corrected chi connectivity index (χ0v) is 17.3. The lowest BCUT2D eigenvalue weighted by Crippen LogP contribution is -2.05. The molecule has 0 atom stereocenters. The first kappa shape index (κ1) is 18.7. The average molecular weight is 444 g/mol. The Morgan fingerprint density at radius 3 is 2.84 bits per heavy atom. The Kier molecular flexibility index (Phi) is 4.26. The van der Waals surface area contributed by atoms with Crippen LogP contribution in [-0.2, 0) is 6.54 Å². The number of nitrogens with zero attached hydrogens (tertiary/aromatic N) is 6. The first-order valence-corrected chi connectivity index (χ1v) is 10.3. The van der Waals surface area contributed by atoms with E-state index in [1.54, 1.807) is 33.9 Å². The molecule has 6 rings (SSSR count). The van der Waals surface area contributed by atoms with E-state index >= 15 is 0 Å². The molecule has 3 heterocycles. The fourth-order valence-electron chi connectivity index (χ4n) is 3.84. The number of aromatic nitrogens is 7. The molecule has 0 spiro atoms. The van der Waals surface area contributed by atoms with Crippen LogP contribution >= 0.6 is 11.6 Å². The molecule has 6 aromatic rings. The number of fused-ring (bicyclic) bond motifs is 2. The first-order chi connectivity index (χ1) is 15.7. The fourth-order valence-corrected chi connectivity index (χ4v) is 4.00. The molecule has 7 nitrogen and oxygen atoms in total. The van der Waals surface area contributed by atoms with E-state index < -0.39 is 0 Å². The van der Waals surface area contributed by atoms with E-state index in [2.05, 4.69) is 25.6 Å². The molecule has 32 heavy (non-hydrogen) atoms. The number of benzene rings is 3. The molecule has 3 aromatic carbocycles. The highest BCUT2D eigenvalue weighted by Gasteiger charge is 2.13. The van der Waals surface area contributed by atoms with E-state index in [1.165, 1.54) is 6.07 Å². The van der Waals surface area contributed by atoms with Gasteiger partial charge in [0.1, 0.15) is 11.3 Å². The van der Waals surface area contributed by atoms with Crippen LogP contribution in [0.1, 0.15) is 5.56 Å². The van der Waals surface area contributed by atoms with Gasteiger partial charge < -0.3 is 0 Å². The first-order valence-electron chi connectivity index (χ1n) is 9.91. The standard InChI is InChI=1S/C23H15ClFN7/c24-17-4-1-16(19(25)10-17)13-31-22(7-8-27-31)14-3-6-20-23(9-14)32(30-29-20)18-5-2-15-12-26-28-21(15)11-18/h1-12H,13H2,(H,26,28). The van der Waals surface area contributed by atoms with Crippen molar-refractivity contribution in [1.82, 2.24) is 35.0 Å². The van der Waals surface area contributed by atoms with E-state index in [4.69, 9.17) is 11.6 Å². The van der Waals surface area contributed by atoms with Gasteiger partial charge in [0, 0.05) is 27.7 Å². The number of H-pyrrole nitrogens is 1. The molecule has 0 saturated heterocycles. The van der Waals surface area contributed by atoms with Gasteiger partial charge in [-0.25, -0.2) is 9.07 Å². The Morgan fingerprint density at radius 2 is 1.94 bits per heavy atom. The van der Waals surface area contributed by atoms with Crippen LogP contribution in [0.25, 0.3) is 38.9 Å². The molecule has 0 aliphatic rings. The van der Waals surface area contributed by atoms with Crippen LogP contribution in [0.5, 0.6) is 0 Å². The molecule has 0 amide bonds. The summed E-state index contributed by atoms with van der Waals surface area (Å²) in [6, 6.07) is 18.4. The van der Waals surface area contributed by atoms with Gasteiger partial charge >= 0.3 is 0 Å². The van der Waals surface area contributed by atoms with E-state index in [1.807, 2.05) is 42.5 Å². The minimum absolute atomic E-state index is 0.289. The van der Waals surface area contributed by atoms with E-state index in [0.717, 1.165) is 38.9 Å². The van der Waals surface area contributed by atoms with Crippen LogP contribution in [0.15, 0.2) is 73.1 Å². The van der Waals surface area contributed by atoms with Crippen molar-refractivity contribution in [3.63, 3.8) is 0 Å². The van der Waals surface area contributed by atoms with Crippen molar-refractivity contribution in [2.24, 2.45) is 0 Å². The number of hydrogen-bond donors (Lipinski definition) is 1. The maximum atomic E-state index is 14.3. The zero-order chi connectivity index (χ0) is 21.7. The molecule has 156 valence electrons. The summed E-state index contributed by atoms with van der Waals surface area (Å²) in [5, 5.41) is 21.5. The lowest BCUT2D eigenvalue weighted by Gasteiger charge is -2.10. The topological polar surface area (TPSA) is 77.2 Å². The SMILES string of the molecule is Fc1cc(Cl)ccc1Cn1nccc1-c1ccc2nnn(-c3ccc4cn[nH]c4c3)c2c1. The third-order valence-electron chi connectivity index (χ3n) is 5.46. The molecular formula is C23H15ClFN7. The minimum Gasteiger partial charge on any atom is -0.278 e. The van der Waals surface area contributed by atoms with Crippen LogP contribution < -0.4 is 0 Å². The maximum absolute atomic E-state index is 14.3.